The zero-order chi connectivity index (χ0) is 14.1. The minimum absolute atomic E-state index is 0.0103. The van der Waals surface area contributed by atoms with Gasteiger partial charge in [-0.15, -0.1) is 0 Å². The van der Waals surface area contributed by atoms with Gasteiger partial charge < -0.3 is 19.6 Å². The van der Waals surface area contributed by atoms with Gasteiger partial charge in [-0.2, -0.15) is 0 Å². The van der Waals surface area contributed by atoms with Crippen LogP contribution >= 0.6 is 0 Å². The minimum atomic E-state index is -0.822. The molecule has 6 nitrogen and oxygen atoms in total. The molecule has 3 heterocycles. The van der Waals surface area contributed by atoms with Gasteiger partial charge >= 0.3 is 12.0 Å². The highest BCUT2D eigenvalue weighted by atomic mass is 16.5. The molecular formula is C14H22N2O4. The molecule has 0 radical (unpaired) electrons. The van der Waals surface area contributed by atoms with Crippen molar-refractivity contribution in [2.24, 2.45) is 0 Å². The van der Waals surface area contributed by atoms with Crippen molar-refractivity contribution in [1.29, 1.82) is 0 Å². The first-order valence-corrected chi connectivity index (χ1v) is 7.56. The third-order valence-electron chi connectivity index (χ3n) is 4.60. The van der Waals surface area contributed by atoms with Gasteiger partial charge in [0, 0.05) is 25.7 Å². The first-order valence-electron chi connectivity index (χ1n) is 7.56. The molecule has 0 aliphatic carbocycles. The number of carboxylic acid groups (broad SMARTS) is 1. The van der Waals surface area contributed by atoms with Crippen LogP contribution in [0.2, 0.25) is 0 Å². The van der Waals surface area contributed by atoms with Gasteiger partial charge in [0.05, 0.1) is 18.6 Å². The zero-order valence-corrected chi connectivity index (χ0v) is 11.7. The number of fused-ring (bicyclic) bond motifs is 2. The summed E-state index contributed by atoms with van der Waals surface area (Å²) in [5, 5.41) is 9.00. The number of amides is 2. The van der Waals surface area contributed by atoms with E-state index in [0.717, 1.165) is 32.1 Å². The van der Waals surface area contributed by atoms with Crippen LogP contribution in [-0.2, 0) is 9.53 Å². The lowest BCUT2D eigenvalue weighted by atomic mass is 10.00. The molecule has 2 bridgehead atoms. The van der Waals surface area contributed by atoms with Crippen LogP contribution in [0.25, 0.3) is 0 Å². The van der Waals surface area contributed by atoms with Crippen LogP contribution in [-0.4, -0.2) is 64.8 Å². The van der Waals surface area contributed by atoms with Gasteiger partial charge in [0.15, 0.2) is 0 Å². The maximum absolute atomic E-state index is 12.7. The van der Waals surface area contributed by atoms with Crippen LogP contribution in [0.1, 0.15) is 38.5 Å². The number of carbonyl (C=O) groups excluding carboxylic acids is 1. The van der Waals surface area contributed by atoms with Crippen molar-refractivity contribution >= 4 is 12.0 Å². The Morgan fingerprint density at radius 2 is 1.80 bits per heavy atom. The van der Waals surface area contributed by atoms with E-state index in [9.17, 15) is 9.59 Å². The van der Waals surface area contributed by atoms with E-state index in [0.29, 0.717) is 19.6 Å². The van der Waals surface area contributed by atoms with Crippen molar-refractivity contribution < 1.29 is 19.4 Å². The summed E-state index contributed by atoms with van der Waals surface area (Å²) in [5.41, 5.74) is 0. The number of carboxylic acids is 1. The molecule has 20 heavy (non-hydrogen) atoms. The van der Waals surface area contributed by atoms with E-state index in [1.807, 2.05) is 4.90 Å². The molecule has 0 aromatic heterocycles. The molecule has 112 valence electrons. The molecular weight excluding hydrogens is 260 g/mol. The summed E-state index contributed by atoms with van der Waals surface area (Å²) in [6, 6.07) is -0.134. The summed E-state index contributed by atoms with van der Waals surface area (Å²) in [5.74, 6) is -0.822. The smallest absolute Gasteiger partial charge is 0.320 e. The Morgan fingerprint density at radius 3 is 2.45 bits per heavy atom. The summed E-state index contributed by atoms with van der Waals surface area (Å²) in [6.45, 7) is 2.00. The first-order chi connectivity index (χ1) is 9.63. The largest absolute Gasteiger partial charge is 0.481 e. The molecule has 3 fully saturated rings. The van der Waals surface area contributed by atoms with Crippen molar-refractivity contribution in [3.05, 3.63) is 0 Å². The fourth-order valence-corrected chi connectivity index (χ4v) is 3.62. The molecule has 3 saturated heterocycles. The van der Waals surface area contributed by atoms with Gasteiger partial charge in [-0.3, -0.25) is 4.79 Å². The molecule has 0 saturated carbocycles. The Kier molecular flexibility index (Phi) is 3.83. The fraction of sp³-hybridized carbons (Fsp3) is 0.857. The highest BCUT2D eigenvalue weighted by Crippen LogP contribution is 2.28. The van der Waals surface area contributed by atoms with Gasteiger partial charge in [-0.25, -0.2) is 4.79 Å². The van der Waals surface area contributed by atoms with Crippen molar-refractivity contribution in [1.82, 2.24) is 9.80 Å². The molecule has 0 aromatic carbocycles. The second kappa shape index (κ2) is 5.60. The average Bonchev–Trinajstić information content (AvgIpc) is 2.76. The topological polar surface area (TPSA) is 70.1 Å². The number of morpholine rings is 1. The molecule has 3 aliphatic rings. The van der Waals surface area contributed by atoms with Gasteiger partial charge in [-0.1, -0.05) is 0 Å². The number of urea groups is 1. The number of hydrogen-bond acceptors (Lipinski definition) is 3. The van der Waals surface area contributed by atoms with Gasteiger partial charge in [0.2, 0.25) is 0 Å². The number of carbonyl (C=O) groups is 2. The highest BCUT2D eigenvalue weighted by molar-refractivity contribution is 5.76. The van der Waals surface area contributed by atoms with Crippen LogP contribution in [0, 0.1) is 0 Å². The molecule has 2 amide bonds. The summed E-state index contributed by atoms with van der Waals surface area (Å²) in [4.78, 5) is 27.3. The highest BCUT2D eigenvalue weighted by Gasteiger charge is 2.39. The second-order valence-electron chi connectivity index (χ2n) is 6.09. The lowest BCUT2D eigenvalue weighted by Crippen LogP contribution is -2.55. The van der Waals surface area contributed by atoms with Crippen molar-refractivity contribution in [3.63, 3.8) is 0 Å². The average molecular weight is 282 g/mol. The third-order valence-corrected chi connectivity index (χ3v) is 4.60. The SMILES string of the molecule is O=C(O)CC1CCCCN1C(=O)N1CC2CCC(C1)O2. The Hall–Kier alpha value is -1.30. The minimum Gasteiger partial charge on any atom is -0.481 e. The van der Waals surface area contributed by atoms with Gasteiger partial charge in [0.1, 0.15) is 0 Å². The summed E-state index contributed by atoms with van der Waals surface area (Å²) >= 11 is 0. The number of nitrogens with zero attached hydrogens (tertiary/aromatic N) is 2. The molecule has 3 atom stereocenters. The first kappa shape index (κ1) is 13.7. The third kappa shape index (κ3) is 2.75. The summed E-state index contributed by atoms with van der Waals surface area (Å²) in [7, 11) is 0. The molecule has 3 rings (SSSR count). The van der Waals surface area contributed by atoms with Gasteiger partial charge in [-0.05, 0) is 32.1 Å². The monoisotopic (exact) mass is 282 g/mol. The van der Waals surface area contributed by atoms with E-state index in [-0.39, 0.29) is 30.7 Å². The predicted octanol–water partition coefficient (Wildman–Crippen LogP) is 1.30. The van der Waals surface area contributed by atoms with Crippen molar-refractivity contribution in [2.45, 2.75) is 56.8 Å². The van der Waals surface area contributed by atoms with E-state index in [4.69, 9.17) is 9.84 Å². The molecule has 6 heteroatoms. The van der Waals surface area contributed by atoms with Crippen LogP contribution < -0.4 is 0 Å². The number of rotatable bonds is 2. The zero-order valence-electron chi connectivity index (χ0n) is 11.7. The van der Waals surface area contributed by atoms with Crippen LogP contribution in [0.3, 0.4) is 0 Å². The Balaban J connectivity index is 1.66. The normalized spacial score (nSPS) is 33.3. The molecule has 1 N–H and O–H groups in total. The molecule has 0 spiro atoms. The van der Waals surface area contributed by atoms with E-state index in [2.05, 4.69) is 0 Å². The number of piperidine rings is 1. The Morgan fingerprint density at radius 1 is 1.10 bits per heavy atom. The maximum atomic E-state index is 12.7. The predicted molar refractivity (Wildman–Crippen MR) is 71.5 cm³/mol. The van der Waals surface area contributed by atoms with Crippen molar-refractivity contribution in [2.75, 3.05) is 19.6 Å². The van der Waals surface area contributed by atoms with E-state index in [1.165, 1.54) is 0 Å². The quantitative estimate of drug-likeness (QED) is 0.828. The molecule has 0 aromatic rings. The summed E-state index contributed by atoms with van der Waals surface area (Å²) < 4.78 is 5.75. The second-order valence-corrected chi connectivity index (χ2v) is 6.09. The maximum Gasteiger partial charge on any atom is 0.320 e. The molecule has 3 aliphatic heterocycles. The van der Waals surface area contributed by atoms with Gasteiger partial charge in [0.25, 0.3) is 0 Å². The summed E-state index contributed by atoms with van der Waals surface area (Å²) in [6.07, 6.45) is 5.27. The number of ether oxygens (including phenoxy) is 1. The number of aliphatic carboxylic acids is 1. The van der Waals surface area contributed by atoms with E-state index in [1.54, 1.807) is 4.90 Å². The lowest BCUT2D eigenvalue weighted by molar-refractivity contribution is -0.138. The Labute approximate surface area is 118 Å². The number of hydrogen-bond donors (Lipinski definition) is 1. The lowest BCUT2D eigenvalue weighted by Gasteiger charge is -2.41. The number of likely N-dealkylation sites (tertiary alicyclic amines) is 2. The van der Waals surface area contributed by atoms with Crippen LogP contribution in [0.15, 0.2) is 0 Å². The van der Waals surface area contributed by atoms with Crippen LogP contribution in [0.4, 0.5) is 4.79 Å². The van der Waals surface area contributed by atoms with E-state index < -0.39 is 5.97 Å². The van der Waals surface area contributed by atoms with Crippen molar-refractivity contribution in [3.8, 4) is 0 Å². The van der Waals surface area contributed by atoms with E-state index >= 15 is 0 Å². The molecule has 3 unspecified atom stereocenters. The fourth-order valence-electron chi connectivity index (χ4n) is 3.62. The van der Waals surface area contributed by atoms with Crippen LogP contribution in [0.5, 0.6) is 0 Å². The standard InChI is InChI=1S/C14H22N2O4/c17-13(18)7-10-3-1-2-6-16(10)14(19)15-8-11-4-5-12(9-15)20-11/h10-12H,1-9H2,(H,17,18). The Bertz CT molecular complexity index is 389.